The van der Waals surface area contributed by atoms with Gasteiger partial charge >= 0.3 is 0 Å². The Hall–Kier alpha value is -2.00. The molecule has 0 unspecified atom stereocenters. The molecule has 0 aliphatic heterocycles. The van der Waals surface area contributed by atoms with Gasteiger partial charge in [0.25, 0.3) is 0 Å². The van der Waals surface area contributed by atoms with Crippen LogP contribution >= 0.6 is 0 Å². The molecule has 0 amide bonds. The van der Waals surface area contributed by atoms with Crippen molar-refractivity contribution in [3.8, 4) is 17.2 Å². The first-order chi connectivity index (χ1) is 9.69. The number of ether oxygens (including phenoxy) is 2. The summed E-state index contributed by atoms with van der Waals surface area (Å²) in [6.45, 7) is 2.64. The molecule has 0 spiro atoms. The van der Waals surface area contributed by atoms with Crippen molar-refractivity contribution in [1.29, 1.82) is 0 Å². The zero-order valence-electron chi connectivity index (χ0n) is 11.6. The maximum absolute atomic E-state index is 6.16. The van der Waals surface area contributed by atoms with E-state index < -0.39 is 0 Å². The fourth-order valence-electron chi connectivity index (χ4n) is 2.18. The fourth-order valence-corrected chi connectivity index (χ4v) is 2.18. The standard InChI is InChI=1S/C17H19NO2/c1-2-19-14-7-9-16(10-8-14)20-15-5-3-13(4-6-15)17(18)11-12-17/h3-10H,2,11-12,18H2,1H3. The van der Waals surface area contributed by atoms with Crippen LogP contribution in [0.3, 0.4) is 0 Å². The van der Waals surface area contributed by atoms with Crippen molar-refractivity contribution in [2.75, 3.05) is 6.61 Å². The Kier molecular flexibility index (Phi) is 3.36. The Morgan fingerprint density at radius 3 is 1.90 bits per heavy atom. The van der Waals surface area contributed by atoms with Crippen LogP contribution in [0.1, 0.15) is 25.3 Å². The highest BCUT2D eigenvalue weighted by atomic mass is 16.5. The van der Waals surface area contributed by atoms with Gasteiger partial charge in [-0.05, 0) is 61.7 Å². The number of rotatable bonds is 5. The van der Waals surface area contributed by atoms with Gasteiger partial charge in [-0.15, -0.1) is 0 Å². The maximum atomic E-state index is 6.16. The Labute approximate surface area is 119 Å². The van der Waals surface area contributed by atoms with Gasteiger partial charge in [0.05, 0.1) is 6.61 Å². The summed E-state index contributed by atoms with van der Waals surface area (Å²) in [6.07, 6.45) is 2.15. The highest BCUT2D eigenvalue weighted by Crippen LogP contribution is 2.43. The molecular formula is C17H19NO2. The largest absolute Gasteiger partial charge is 0.494 e. The minimum absolute atomic E-state index is 0.0856. The summed E-state index contributed by atoms with van der Waals surface area (Å²) in [5.41, 5.74) is 7.27. The predicted molar refractivity (Wildman–Crippen MR) is 79.2 cm³/mol. The van der Waals surface area contributed by atoms with Gasteiger partial charge < -0.3 is 15.2 Å². The SMILES string of the molecule is CCOc1ccc(Oc2ccc(C3(N)CC3)cc2)cc1. The molecule has 0 aromatic heterocycles. The third-order valence-electron chi connectivity index (χ3n) is 3.59. The van der Waals surface area contributed by atoms with Crippen LogP contribution in [0.4, 0.5) is 0 Å². The summed E-state index contributed by atoms with van der Waals surface area (Å²) >= 11 is 0. The van der Waals surface area contributed by atoms with Crippen LogP contribution in [-0.4, -0.2) is 6.61 Å². The monoisotopic (exact) mass is 269 g/mol. The molecule has 1 fully saturated rings. The minimum atomic E-state index is -0.0856. The van der Waals surface area contributed by atoms with Crippen molar-refractivity contribution in [2.24, 2.45) is 5.73 Å². The van der Waals surface area contributed by atoms with Crippen LogP contribution in [0.15, 0.2) is 48.5 Å². The Balaban J connectivity index is 1.67. The predicted octanol–water partition coefficient (Wildman–Crippen LogP) is 3.83. The van der Waals surface area contributed by atoms with E-state index in [-0.39, 0.29) is 5.54 Å². The first kappa shape index (κ1) is 13.0. The molecule has 2 aromatic rings. The summed E-state index contributed by atoms with van der Waals surface area (Å²) < 4.78 is 11.2. The molecule has 1 aliphatic rings. The van der Waals surface area contributed by atoms with Crippen molar-refractivity contribution in [3.63, 3.8) is 0 Å². The molecule has 3 rings (SSSR count). The van der Waals surface area contributed by atoms with Gasteiger partial charge in [0.15, 0.2) is 0 Å². The third kappa shape index (κ3) is 2.78. The quantitative estimate of drug-likeness (QED) is 0.897. The second-order valence-corrected chi connectivity index (χ2v) is 5.19. The average molecular weight is 269 g/mol. The number of hydrogen-bond acceptors (Lipinski definition) is 3. The van der Waals surface area contributed by atoms with Crippen LogP contribution in [0.25, 0.3) is 0 Å². The van der Waals surface area contributed by atoms with E-state index in [0.717, 1.165) is 30.1 Å². The van der Waals surface area contributed by atoms with Gasteiger partial charge in [-0.1, -0.05) is 12.1 Å². The van der Waals surface area contributed by atoms with Gasteiger partial charge in [0.2, 0.25) is 0 Å². The van der Waals surface area contributed by atoms with E-state index in [1.807, 2.05) is 43.3 Å². The first-order valence-corrected chi connectivity index (χ1v) is 7.00. The second-order valence-electron chi connectivity index (χ2n) is 5.19. The molecule has 0 bridgehead atoms. The van der Waals surface area contributed by atoms with E-state index in [1.54, 1.807) is 0 Å². The summed E-state index contributed by atoms with van der Waals surface area (Å²) in [5, 5.41) is 0. The van der Waals surface area contributed by atoms with Crippen LogP contribution in [0.5, 0.6) is 17.2 Å². The smallest absolute Gasteiger partial charge is 0.127 e. The van der Waals surface area contributed by atoms with E-state index in [9.17, 15) is 0 Å². The number of hydrogen-bond donors (Lipinski definition) is 1. The van der Waals surface area contributed by atoms with Gasteiger partial charge in [-0.2, -0.15) is 0 Å². The number of nitrogens with two attached hydrogens (primary N) is 1. The summed E-state index contributed by atoms with van der Waals surface area (Å²) in [5.74, 6) is 2.48. The lowest BCUT2D eigenvalue weighted by Gasteiger charge is -2.11. The molecule has 0 atom stereocenters. The van der Waals surface area contributed by atoms with Crippen LogP contribution < -0.4 is 15.2 Å². The van der Waals surface area contributed by atoms with Gasteiger partial charge in [0.1, 0.15) is 17.2 Å². The van der Waals surface area contributed by atoms with E-state index >= 15 is 0 Å². The van der Waals surface area contributed by atoms with Gasteiger partial charge in [0, 0.05) is 5.54 Å². The zero-order valence-corrected chi connectivity index (χ0v) is 11.6. The molecule has 0 heterocycles. The van der Waals surface area contributed by atoms with Crippen molar-refractivity contribution in [3.05, 3.63) is 54.1 Å². The second kappa shape index (κ2) is 5.17. The normalized spacial score (nSPS) is 15.7. The van der Waals surface area contributed by atoms with E-state index in [1.165, 1.54) is 5.56 Å². The van der Waals surface area contributed by atoms with Crippen LogP contribution in [0, 0.1) is 0 Å². The lowest BCUT2D eigenvalue weighted by atomic mass is 10.1. The third-order valence-corrected chi connectivity index (χ3v) is 3.59. The molecule has 2 aromatic carbocycles. The Bertz CT molecular complexity index is 571. The van der Waals surface area contributed by atoms with Crippen molar-refractivity contribution in [1.82, 2.24) is 0 Å². The van der Waals surface area contributed by atoms with Crippen molar-refractivity contribution < 1.29 is 9.47 Å². The zero-order chi connectivity index (χ0) is 14.0. The molecule has 0 radical (unpaired) electrons. The Morgan fingerprint density at radius 2 is 1.40 bits per heavy atom. The molecular weight excluding hydrogens is 250 g/mol. The van der Waals surface area contributed by atoms with E-state index in [0.29, 0.717) is 6.61 Å². The minimum Gasteiger partial charge on any atom is -0.494 e. The number of benzene rings is 2. The molecule has 20 heavy (non-hydrogen) atoms. The highest BCUT2D eigenvalue weighted by molar-refractivity contribution is 5.38. The topological polar surface area (TPSA) is 44.5 Å². The fraction of sp³-hybridized carbons (Fsp3) is 0.294. The summed E-state index contributed by atoms with van der Waals surface area (Å²) in [6, 6.07) is 15.7. The molecule has 1 aliphatic carbocycles. The molecule has 3 nitrogen and oxygen atoms in total. The molecule has 0 saturated heterocycles. The molecule has 1 saturated carbocycles. The van der Waals surface area contributed by atoms with Gasteiger partial charge in [-0.25, -0.2) is 0 Å². The van der Waals surface area contributed by atoms with E-state index in [4.69, 9.17) is 15.2 Å². The lowest BCUT2D eigenvalue weighted by Crippen LogP contribution is -2.18. The highest BCUT2D eigenvalue weighted by Gasteiger charge is 2.39. The summed E-state index contributed by atoms with van der Waals surface area (Å²) in [7, 11) is 0. The van der Waals surface area contributed by atoms with Crippen molar-refractivity contribution in [2.45, 2.75) is 25.3 Å². The van der Waals surface area contributed by atoms with Gasteiger partial charge in [-0.3, -0.25) is 0 Å². The lowest BCUT2D eigenvalue weighted by molar-refractivity contribution is 0.339. The van der Waals surface area contributed by atoms with Crippen molar-refractivity contribution >= 4 is 0 Å². The first-order valence-electron chi connectivity index (χ1n) is 7.00. The molecule has 3 heteroatoms. The maximum Gasteiger partial charge on any atom is 0.127 e. The molecule has 104 valence electrons. The molecule has 2 N–H and O–H groups in total. The van der Waals surface area contributed by atoms with Crippen LogP contribution in [-0.2, 0) is 5.54 Å². The summed E-state index contributed by atoms with van der Waals surface area (Å²) in [4.78, 5) is 0. The average Bonchev–Trinajstić information content (AvgIpc) is 3.21. The van der Waals surface area contributed by atoms with Crippen LogP contribution in [0.2, 0.25) is 0 Å². The van der Waals surface area contributed by atoms with E-state index in [2.05, 4.69) is 12.1 Å². The Morgan fingerprint density at radius 1 is 0.900 bits per heavy atom.